The maximum Gasteiger partial charge on any atom is 0.410 e. The Kier molecular flexibility index (Phi) is 6.98. The van der Waals surface area contributed by atoms with E-state index < -0.39 is 5.60 Å². The summed E-state index contributed by atoms with van der Waals surface area (Å²) in [5, 5.41) is 11.5. The first-order valence-corrected chi connectivity index (χ1v) is 13.3. The second kappa shape index (κ2) is 10.4. The van der Waals surface area contributed by atoms with Gasteiger partial charge in [0.1, 0.15) is 23.3 Å². The highest BCUT2D eigenvalue weighted by Crippen LogP contribution is 2.27. The van der Waals surface area contributed by atoms with E-state index in [4.69, 9.17) is 14.5 Å². The van der Waals surface area contributed by atoms with Gasteiger partial charge in [0.05, 0.1) is 22.7 Å². The molecule has 1 aliphatic heterocycles. The SMILES string of the molecule is CCc1nc2ccc(OC3CCN(C(=O)OC(C)(C)C)CC3)cc2n1Cc1ccc2ccc(C#N)cc2c1. The van der Waals surface area contributed by atoms with Crippen molar-refractivity contribution in [2.45, 2.75) is 65.2 Å². The van der Waals surface area contributed by atoms with Crippen molar-refractivity contribution in [1.82, 2.24) is 14.5 Å². The van der Waals surface area contributed by atoms with Crippen molar-refractivity contribution in [3.05, 3.63) is 71.5 Å². The average Bonchev–Trinajstić information content (AvgIpc) is 3.24. The number of likely N-dealkylation sites (tertiary alicyclic amines) is 1. The van der Waals surface area contributed by atoms with E-state index in [9.17, 15) is 10.1 Å². The number of imidazole rings is 1. The first-order chi connectivity index (χ1) is 18.2. The number of hydrogen-bond acceptors (Lipinski definition) is 5. The Morgan fingerprint density at radius 2 is 1.82 bits per heavy atom. The predicted octanol–water partition coefficient (Wildman–Crippen LogP) is 6.45. The molecule has 0 saturated carbocycles. The molecule has 196 valence electrons. The van der Waals surface area contributed by atoms with Crippen LogP contribution in [-0.4, -0.2) is 45.3 Å². The van der Waals surface area contributed by atoms with Crippen LogP contribution >= 0.6 is 0 Å². The Balaban J connectivity index is 1.33. The molecule has 1 aliphatic rings. The second-order valence-electron chi connectivity index (χ2n) is 10.9. The zero-order chi connectivity index (χ0) is 26.9. The number of benzene rings is 3. The molecule has 3 aromatic carbocycles. The minimum atomic E-state index is -0.493. The van der Waals surface area contributed by atoms with E-state index in [-0.39, 0.29) is 12.2 Å². The van der Waals surface area contributed by atoms with Gasteiger partial charge in [-0.2, -0.15) is 5.26 Å². The van der Waals surface area contributed by atoms with Gasteiger partial charge in [0.15, 0.2) is 0 Å². The van der Waals surface area contributed by atoms with Crippen LogP contribution in [0.4, 0.5) is 4.79 Å². The Labute approximate surface area is 223 Å². The van der Waals surface area contributed by atoms with E-state index in [1.54, 1.807) is 4.90 Å². The Hall–Kier alpha value is -4.05. The van der Waals surface area contributed by atoms with Crippen molar-refractivity contribution < 1.29 is 14.3 Å². The van der Waals surface area contributed by atoms with Crippen molar-refractivity contribution in [1.29, 1.82) is 5.26 Å². The first-order valence-electron chi connectivity index (χ1n) is 13.3. The monoisotopic (exact) mass is 510 g/mol. The van der Waals surface area contributed by atoms with Gasteiger partial charge < -0.3 is 18.9 Å². The van der Waals surface area contributed by atoms with Crippen molar-refractivity contribution in [3.63, 3.8) is 0 Å². The molecule has 7 heteroatoms. The maximum absolute atomic E-state index is 12.4. The summed E-state index contributed by atoms with van der Waals surface area (Å²) in [6, 6.07) is 20.5. The highest BCUT2D eigenvalue weighted by atomic mass is 16.6. The predicted molar refractivity (Wildman–Crippen MR) is 148 cm³/mol. The number of nitrogens with zero attached hydrogens (tertiary/aromatic N) is 4. The van der Waals surface area contributed by atoms with Crippen LogP contribution in [0.25, 0.3) is 21.8 Å². The van der Waals surface area contributed by atoms with Gasteiger partial charge in [0.2, 0.25) is 0 Å². The van der Waals surface area contributed by atoms with Gasteiger partial charge in [-0.25, -0.2) is 9.78 Å². The molecule has 1 saturated heterocycles. The number of hydrogen-bond donors (Lipinski definition) is 0. The molecule has 4 aromatic rings. The summed E-state index contributed by atoms with van der Waals surface area (Å²) >= 11 is 0. The number of nitriles is 1. The zero-order valence-corrected chi connectivity index (χ0v) is 22.5. The number of fused-ring (bicyclic) bond motifs is 2. The van der Waals surface area contributed by atoms with Crippen LogP contribution in [0.2, 0.25) is 0 Å². The summed E-state index contributed by atoms with van der Waals surface area (Å²) in [4.78, 5) is 19.0. The normalized spacial score (nSPS) is 14.6. The molecule has 38 heavy (non-hydrogen) atoms. The standard InChI is InChI=1S/C31H34N4O3/c1-5-29-33-27-11-10-26(37-25-12-14-34(15-13-25)30(36)38-31(2,3)4)18-28(27)35(29)20-22-7-9-23-8-6-21(19-32)16-24(23)17-22/h6-11,16-18,25H,5,12-15,20H2,1-4H3. The van der Waals surface area contributed by atoms with Crippen molar-refractivity contribution in [2.24, 2.45) is 0 Å². The van der Waals surface area contributed by atoms with E-state index >= 15 is 0 Å². The fourth-order valence-electron chi connectivity index (χ4n) is 4.99. The molecule has 5 rings (SSSR count). The lowest BCUT2D eigenvalue weighted by Crippen LogP contribution is -2.44. The summed E-state index contributed by atoms with van der Waals surface area (Å²) in [5.41, 5.74) is 3.31. The average molecular weight is 511 g/mol. The smallest absolute Gasteiger partial charge is 0.410 e. The van der Waals surface area contributed by atoms with E-state index in [0.29, 0.717) is 25.2 Å². The van der Waals surface area contributed by atoms with E-state index in [2.05, 4.69) is 41.8 Å². The van der Waals surface area contributed by atoms with Crippen LogP contribution in [-0.2, 0) is 17.7 Å². The number of piperidine rings is 1. The van der Waals surface area contributed by atoms with Crippen LogP contribution in [0.1, 0.15) is 57.5 Å². The molecule has 1 aromatic heterocycles. The zero-order valence-electron chi connectivity index (χ0n) is 22.5. The Bertz CT molecular complexity index is 1520. The number of ether oxygens (including phenoxy) is 2. The van der Waals surface area contributed by atoms with Gasteiger partial charge in [0, 0.05) is 45.0 Å². The number of amides is 1. The molecule has 7 nitrogen and oxygen atoms in total. The van der Waals surface area contributed by atoms with Gasteiger partial charge in [-0.3, -0.25) is 0 Å². The largest absolute Gasteiger partial charge is 0.490 e. The fraction of sp³-hybridized carbons (Fsp3) is 0.387. The topological polar surface area (TPSA) is 80.4 Å². The van der Waals surface area contributed by atoms with E-state index in [1.807, 2.05) is 51.1 Å². The summed E-state index contributed by atoms with van der Waals surface area (Å²) < 4.78 is 14.1. The summed E-state index contributed by atoms with van der Waals surface area (Å²) in [5.74, 6) is 1.84. The quantitative estimate of drug-likeness (QED) is 0.308. The fourth-order valence-corrected chi connectivity index (χ4v) is 4.99. The number of aromatic nitrogens is 2. The lowest BCUT2D eigenvalue weighted by Gasteiger charge is -2.33. The summed E-state index contributed by atoms with van der Waals surface area (Å²) in [6.45, 7) is 9.70. The van der Waals surface area contributed by atoms with Gasteiger partial charge in [-0.1, -0.05) is 25.1 Å². The lowest BCUT2D eigenvalue weighted by atomic mass is 10.0. The molecule has 0 aliphatic carbocycles. The van der Waals surface area contributed by atoms with Gasteiger partial charge >= 0.3 is 6.09 Å². The molecule has 1 amide bonds. The minimum Gasteiger partial charge on any atom is -0.490 e. The molecule has 0 bridgehead atoms. The van der Waals surface area contributed by atoms with Gasteiger partial charge in [-0.05, 0) is 67.4 Å². The first kappa shape index (κ1) is 25.6. The van der Waals surface area contributed by atoms with Crippen LogP contribution < -0.4 is 4.74 Å². The minimum absolute atomic E-state index is 0.0444. The molecular weight excluding hydrogens is 476 g/mol. The van der Waals surface area contributed by atoms with Gasteiger partial charge in [0.25, 0.3) is 0 Å². The third-order valence-electron chi connectivity index (χ3n) is 6.89. The Morgan fingerprint density at radius 1 is 1.05 bits per heavy atom. The van der Waals surface area contributed by atoms with Crippen LogP contribution in [0.5, 0.6) is 5.75 Å². The van der Waals surface area contributed by atoms with Crippen LogP contribution in [0, 0.1) is 11.3 Å². The molecule has 0 spiro atoms. The van der Waals surface area contributed by atoms with Crippen molar-refractivity contribution in [3.8, 4) is 11.8 Å². The van der Waals surface area contributed by atoms with Crippen LogP contribution in [0.15, 0.2) is 54.6 Å². The maximum atomic E-state index is 12.4. The lowest BCUT2D eigenvalue weighted by molar-refractivity contribution is 0.0127. The highest BCUT2D eigenvalue weighted by Gasteiger charge is 2.27. The number of carbonyl (C=O) groups excluding carboxylic acids is 1. The van der Waals surface area contributed by atoms with E-state index in [1.165, 1.54) is 0 Å². The summed E-state index contributed by atoms with van der Waals surface area (Å²) in [7, 11) is 0. The Morgan fingerprint density at radius 3 is 2.53 bits per heavy atom. The number of aryl methyl sites for hydroxylation is 1. The third kappa shape index (κ3) is 5.60. The summed E-state index contributed by atoms with van der Waals surface area (Å²) in [6.07, 6.45) is 2.13. The molecule has 0 radical (unpaired) electrons. The number of carbonyl (C=O) groups is 1. The molecular formula is C31H34N4O3. The van der Waals surface area contributed by atoms with Crippen LogP contribution in [0.3, 0.4) is 0 Å². The number of rotatable bonds is 5. The second-order valence-corrected chi connectivity index (χ2v) is 10.9. The molecule has 0 N–H and O–H groups in total. The van der Waals surface area contributed by atoms with Crippen molar-refractivity contribution >= 4 is 27.9 Å². The molecule has 0 unspecified atom stereocenters. The highest BCUT2D eigenvalue weighted by molar-refractivity contribution is 5.84. The molecule has 0 atom stereocenters. The molecule has 1 fully saturated rings. The van der Waals surface area contributed by atoms with Gasteiger partial charge in [-0.15, -0.1) is 0 Å². The third-order valence-corrected chi connectivity index (χ3v) is 6.89. The van der Waals surface area contributed by atoms with Crippen molar-refractivity contribution in [2.75, 3.05) is 13.1 Å². The van der Waals surface area contributed by atoms with E-state index in [0.717, 1.165) is 58.2 Å². The molecule has 2 heterocycles.